The number of nitro benzene ring substituents is 1. The summed E-state index contributed by atoms with van der Waals surface area (Å²) in [4.78, 5) is 29.5. The number of aryl methyl sites for hydroxylation is 1. The van der Waals surface area contributed by atoms with Gasteiger partial charge in [0.2, 0.25) is 0 Å². The number of non-ortho nitro benzene ring substituents is 1. The van der Waals surface area contributed by atoms with Crippen molar-refractivity contribution in [1.82, 2.24) is 9.66 Å². The van der Waals surface area contributed by atoms with Crippen LogP contribution in [-0.2, 0) is 6.61 Å². The van der Waals surface area contributed by atoms with Gasteiger partial charge in [-0.15, -0.1) is 0 Å². The van der Waals surface area contributed by atoms with E-state index in [1.807, 2.05) is 50.2 Å². The van der Waals surface area contributed by atoms with E-state index in [4.69, 9.17) is 14.5 Å². The third-order valence-electron chi connectivity index (χ3n) is 7.07. The molecule has 4 aromatic carbocycles. The minimum Gasteiger partial charge on any atom is -0.494 e. The van der Waals surface area contributed by atoms with E-state index in [-0.39, 0.29) is 23.8 Å². The average Bonchev–Trinajstić information content (AvgIpc) is 3.00. The van der Waals surface area contributed by atoms with E-state index in [9.17, 15) is 14.9 Å². The van der Waals surface area contributed by atoms with Crippen molar-refractivity contribution >= 4 is 38.7 Å². The van der Waals surface area contributed by atoms with Crippen molar-refractivity contribution in [2.75, 3.05) is 6.61 Å². The number of ether oxygens (including phenoxy) is 2. The van der Waals surface area contributed by atoms with Crippen LogP contribution in [0, 0.1) is 17.0 Å². The molecule has 44 heavy (non-hydrogen) atoms. The molecule has 0 aliphatic heterocycles. The van der Waals surface area contributed by atoms with Gasteiger partial charge >= 0.3 is 0 Å². The zero-order valence-electron chi connectivity index (χ0n) is 24.8. The van der Waals surface area contributed by atoms with Crippen molar-refractivity contribution in [2.45, 2.75) is 40.2 Å². The first-order valence-corrected chi connectivity index (χ1v) is 14.9. The molecule has 0 aliphatic carbocycles. The van der Waals surface area contributed by atoms with Crippen LogP contribution < -0.4 is 15.0 Å². The Morgan fingerprint density at radius 2 is 1.82 bits per heavy atom. The number of fused-ring (bicyclic) bond motifs is 1. The Bertz CT molecular complexity index is 1950. The Balaban J connectivity index is 1.61. The van der Waals surface area contributed by atoms with Crippen LogP contribution in [0.15, 0.2) is 93.2 Å². The molecule has 0 bridgehead atoms. The minimum atomic E-state index is -0.440. The van der Waals surface area contributed by atoms with E-state index >= 15 is 0 Å². The molecule has 0 unspecified atom stereocenters. The number of halogens is 1. The maximum Gasteiger partial charge on any atom is 0.282 e. The standard InChI is InChI=1S/C34H31BrN4O5/c1-5-43-32-15-22(4)29(18-28(32)21(2)3)33-37-30-12-7-6-11-27(30)34(40)38(33)36-19-24-17-25(35)13-14-31(24)44-20-23-9-8-10-26(16-23)39(41)42/h6-19,21H,5,20H2,1-4H3. The molecule has 0 N–H and O–H groups in total. The van der Waals surface area contributed by atoms with Gasteiger partial charge in [-0.05, 0) is 78.9 Å². The van der Waals surface area contributed by atoms with Crippen LogP contribution in [-0.4, -0.2) is 27.4 Å². The Morgan fingerprint density at radius 3 is 2.57 bits per heavy atom. The molecular weight excluding hydrogens is 624 g/mol. The van der Waals surface area contributed by atoms with Crippen LogP contribution in [0.1, 0.15) is 48.9 Å². The lowest BCUT2D eigenvalue weighted by Gasteiger charge is -2.18. The second-order valence-electron chi connectivity index (χ2n) is 10.5. The minimum absolute atomic E-state index is 0.00962. The fraction of sp³-hybridized carbons (Fsp3) is 0.206. The molecule has 10 heteroatoms. The quantitative estimate of drug-likeness (QED) is 0.0857. The van der Waals surface area contributed by atoms with Crippen molar-refractivity contribution in [3.8, 4) is 22.9 Å². The first kappa shape index (κ1) is 30.6. The number of hydrogen-bond acceptors (Lipinski definition) is 7. The number of hydrogen-bond donors (Lipinski definition) is 0. The SMILES string of the molecule is CCOc1cc(C)c(-c2nc3ccccc3c(=O)n2N=Cc2cc(Br)ccc2OCc2cccc([N+](=O)[O-])c2)cc1C(C)C. The van der Waals surface area contributed by atoms with E-state index in [1.54, 1.807) is 36.5 Å². The highest BCUT2D eigenvalue weighted by atomic mass is 79.9. The number of nitro groups is 1. The van der Waals surface area contributed by atoms with Gasteiger partial charge in [-0.25, -0.2) is 4.98 Å². The Kier molecular flexibility index (Phi) is 9.20. The highest BCUT2D eigenvalue weighted by Crippen LogP contribution is 2.34. The predicted molar refractivity (Wildman–Crippen MR) is 176 cm³/mol. The van der Waals surface area contributed by atoms with Gasteiger partial charge in [0.1, 0.15) is 18.1 Å². The van der Waals surface area contributed by atoms with Gasteiger partial charge in [0.15, 0.2) is 5.82 Å². The zero-order valence-corrected chi connectivity index (χ0v) is 26.4. The monoisotopic (exact) mass is 654 g/mol. The fourth-order valence-electron chi connectivity index (χ4n) is 4.87. The highest BCUT2D eigenvalue weighted by Gasteiger charge is 2.19. The first-order valence-electron chi connectivity index (χ1n) is 14.2. The third kappa shape index (κ3) is 6.55. The lowest BCUT2D eigenvalue weighted by Crippen LogP contribution is -2.21. The van der Waals surface area contributed by atoms with Gasteiger partial charge in [-0.1, -0.05) is 54.0 Å². The second kappa shape index (κ2) is 13.2. The van der Waals surface area contributed by atoms with Crippen molar-refractivity contribution in [3.63, 3.8) is 0 Å². The van der Waals surface area contributed by atoms with Gasteiger partial charge < -0.3 is 9.47 Å². The van der Waals surface area contributed by atoms with Crippen LogP contribution in [0.5, 0.6) is 11.5 Å². The molecule has 9 nitrogen and oxygen atoms in total. The molecule has 0 saturated heterocycles. The van der Waals surface area contributed by atoms with Gasteiger partial charge in [0, 0.05) is 27.7 Å². The fourth-order valence-corrected chi connectivity index (χ4v) is 5.25. The Hall–Kier alpha value is -4.83. The normalized spacial score (nSPS) is 11.4. The predicted octanol–water partition coefficient (Wildman–Crippen LogP) is 8.03. The smallest absolute Gasteiger partial charge is 0.282 e. The summed E-state index contributed by atoms with van der Waals surface area (Å²) in [6.07, 6.45) is 1.56. The molecule has 0 radical (unpaired) electrons. The zero-order chi connectivity index (χ0) is 31.4. The summed E-state index contributed by atoms with van der Waals surface area (Å²) in [5.41, 5.74) is 4.17. The van der Waals surface area contributed by atoms with Crippen molar-refractivity contribution in [1.29, 1.82) is 0 Å². The summed E-state index contributed by atoms with van der Waals surface area (Å²) in [6, 6.07) is 22.9. The van der Waals surface area contributed by atoms with Crippen LogP contribution in [0.4, 0.5) is 5.69 Å². The van der Waals surface area contributed by atoms with E-state index in [0.717, 1.165) is 26.9 Å². The molecule has 0 fully saturated rings. The molecule has 0 spiro atoms. The Labute approximate surface area is 263 Å². The van der Waals surface area contributed by atoms with Gasteiger partial charge in [0.25, 0.3) is 11.2 Å². The molecule has 0 amide bonds. The number of benzene rings is 4. The highest BCUT2D eigenvalue weighted by molar-refractivity contribution is 9.10. The summed E-state index contributed by atoms with van der Waals surface area (Å²) in [7, 11) is 0. The van der Waals surface area contributed by atoms with Crippen LogP contribution >= 0.6 is 15.9 Å². The topological polar surface area (TPSA) is 109 Å². The number of rotatable bonds is 10. The van der Waals surface area contributed by atoms with Crippen LogP contribution in [0.3, 0.4) is 0 Å². The van der Waals surface area contributed by atoms with Crippen molar-refractivity contribution in [2.24, 2.45) is 5.10 Å². The third-order valence-corrected chi connectivity index (χ3v) is 7.57. The van der Waals surface area contributed by atoms with E-state index < -0.39 is 4.92 Å². The average molecular weight is 656 g/mol. The van der Waals surface area contributed by atoms with Crippen LogP contribution in [0.25, 0.3) is 22.3 Å². The molecule has 0 aliphatic rings. The summed E-state index contributed by atoms with van der Waals surface area (Å²) < 4.78 is 14.1. The number of para-hydroxylation sites is 1. The van der Waals surface area contributed by atoms with Gasteiger partial charge in [-0.3, -0.25) is 14.9 Å². The maximum absolute atomic E-state index is 13.9. The molecule has 5 aromatic rings. The van der Waals surface area contributed by atoms with Gasteiger partial charge in [-0.2, -0.15) is 9.78 Å². The molecule has 0 atom stereocenters. The Morgan fingerprint density at radius 1 is 1.02 bits per heavy atom. The van der Waals surface area contributed by atoms with E-state index in [2.05, 4.69) is 34.9 Å². The number of aromatic nitrogens is 2. The van der Waals surface area contributed by atoms with Crippen LogP contribution in [0.2, 0.25) is 0 Å². The molecule has 1 aromatic heterocycles. The summed E-state index contributed by atoms with van der Waals surface area (Å²) in [5.74, 6) is 1.88. The lowest BCUT2D eigenvalue weighted by atomic mass is 9.96. The maximum atomic E-state index is 13.9. The molecule has 1 heterocycles. The first-order chi connectivity index (χ1) is 21.2. The summed E-state index contributed by atoms with van der Waals surface area (Å²) in [5, 5.41) is 16.3. The second-order valence-corrected chi connectivity index (χ2v) is 11.4. The number of nitrogens with zero attached hydrogens (tertiary/aromatic N) is 4. The molecular formula is C34H31BrN4O5. The molecule has 0 saturated carbocycles. The van der Waals surface area contributed by atoms with Crippen molar-refractivity contribution in [3.05, 3.63) is 126 Å². The summed E-state index contributed by atoms with van der Waals surface area (Å²) >= 11 is 3.51. The summed E-state index contributed by atoms with van der Waals surface area (Å²) in [6.45, 7) is 8.76. The van der Waals surface area contributed by atoms with E-state index in [1.165, 1.54) is 16.8 Å². The largest absolute Gasteiger partial charge is 0.494 e. The molecule has 224 valence electrons. The van der Waals surface area contributed by atoms with E-state index in [0.29, 0.717) is 40.2 Å². The van der Waals surface area contributed by atoms with Gasteiger partial charge in [0.05, 0.1) is 28.6 Å². The van der Waals surface area contributed by atoms with Crippen molar-refractivity contribution < 1.29 is 14.4 Å². The lowest BCUT2D eigenvalue weighted by molar-refractivity contribution is -0.384. The molecule has 5 rings (SSSR count).